The van der Waals surface area contributed by atoms with Gasteiger partial charge in [0.05, 0.1) is 5.52 Å². The van der Waals surface area contributed by atoms with Crippen LogP contribution in [0.5, 0.6) is 0 Å². The van der Waals surface area contributed by atoms with E-state index >= 15 is 0 Å². The minimum atomic E-state index is -0.328. The van der Waals surface area contributed by atoms with Gasteiger partial charge >= 0.3 is 5.76 Å². The highest BCUT2D eigenvalue weighted by atomic mass is 32.2. The summed E-state index contributed by atoms with van der Waals surface area (Å²) >= 11 is 3.06. The molecule has 4 aromatic rings. The lowest BCUT2D eigenvalue weighted by Gasteiger charge is -2.00. The molecule has 0 bridgehead atoms. The molecule has 0 amide bonds. The first-order chi connectivity index (χ1) is 12.3. The smallest absolute Gasteiger partial charge is 0.408 e. The molecule has 0 saturated heterocycles. The van der Waals surface area contributed by atoms with Crippen LogP contribution in [-0.2, 0) is 6.54 Å². The number of fused-ring (bicyclic) bond motifs is 1. The molecule has 0 saturated carbocycles. The second-order valence-electron chi connectivity index (χ2n) is 5.20. The van der Waals surface area contributed by atoms with Crippen LogP contribution in [0.1, 0.15) is 0 Å². The Morgan fingerprint density at radius 1 is 1.08 bits per heavy atom. The van der Waals surface area contributed by atoms with Crippen LogP contribution in [0.15, 0.2) is 68.1 Å². The summed E-state index contributed by atoms with van der Waals surface area (Å²) in [6.07, 6.45) is 0. The van der Waals surface area contributed by atoms with Gasteiger partial charge < -0.3 is 9.73 Å². The van der Waals surface area contributed by atoms with Gasteiger partial charge in [0.25, 0.3) is 0 Å². The van der Waals surface area contributed by atoms with Crippen molar-refractivity contribution in [3.8, 4) is 0 Å². The van der Waals surface area contributed by atoms with Gasteiger partial charge in [-0.3, -0.25) is 4.57 Å². The molecule has 25 heavy (non-hydrogen) atoms. The highest BCUT2D eigenvalue weighted by Crippen LogP contribution is 2.27. The number of aromatic nitrogens is 3. The Labute approximate surface area is 151 Å². The highest BCUT2D eigenvalue weighted by Gasteiger charge is 2.09. The first-order valence-electron chi connectivity index (χ1n) is 7.66. The maximum atomic E-state index is 11.9. The Morgan fingerprint density at radius 2 is 1.88 bits per heavy atom. The van der Waals surface area contributed by atoms with Crippen molar-refractivity contribution in [1.29, 1.82) is 0 Å². The average Bonchev–Trinajstić information content (AvgIpc) is 3.20. The quantitative estimate of drug-likeness (QED) is 0.518. The summed E-state index contributed by atoms with van der Waals surface area (Å²) in [6.45, 7) is 0.557. The topological polar surface area (TPSA) is 73.0 Å². The van der Waals surface area contributed by atoms with Crippen molar-refractivity contribution < 1.29 is 4.42 Å². The third kappa shape index (κ3) is 3.59. The molecule has 0 atom stereocenters. The predicted octanol–water partition coefficient (Wildman–Crippen LogP) is 3.98. The summed E-state index contributed by atoms with van der Waals surface area (Å²) in [7, 11) is 0. The minimum Gasteiger partial charge on any atom is -0.408 e. The molecule has 8 heteroatoms. The Bertz CT molecular complexity index is 1040. The summed E-state index contributed by atoms with van der Waals surface area (Å²) in [5, 5.41) is 12.3. The highest BCUT2D eigenvalue weighted by molar-refractivity contribution is 8.01. The summed E-state index contributed by atoms with van der Waals surface area (Å²) in [6, 6.07) is 17.3. The molecule has 0 aliphatic rings. The number of hydrogen-bond donors (Lipinski definition) is 1. The summed E-state index contributed by atoms with van der Waals surface area (Å²) in [5.41, 5.74) is 2.41. The van der Waals surface area contributed by atoms with E-state index in [0.717, 1.165) is 20.7 Å². The second kappa shape index (κ2) is 7.12. The number of aryl methyl sites for hydroxylation is 1. The van der Waals surface area contributed by atoms with Crippen molar-refractivity contribution in [2.24, 2.45) is 0 Å². The Balaban J connectivity index is 1.39. The van der Waals surface area contributed by atoms with Gasteiger partial charge in [0, 0.05) is 18.0 Å². The fourth-order valence-corrected chi connectivity index (χ4v) is 4.18. The number of para-hydroxylation sites is 3. The van der Waals surface area contributed by atoms with Crippen LogP contribution in [-0.4, -0.2) is 20.5 Å². The zero-order chi connectivity index (χ0) is 17.1. The lowest BCUT2D eigenvalue weighted by Crippen LogP contribution is -2.15. The van der Waals surface area contributed by atoms with Crippen molar-refractivity contribution in [3.63, 3.8) is 0 Å². The maximum absolute atomic E-state index is 11.9. The molecule has 2 heterocycles. The summed E-state index contributed by atoms with van der Waals surface area (Å²) in [4.78, 5) is 11.9. The van der Waals surface area contributed by atoms with Gasteiger partial charge in [-0.25, -0.2) is 4.79 Å². The van der Waals surface area contributed by atoms with Crippen LogP contribution < -0.4 is 11.1 Å². The molecule has 2 aromatic carbocycles. The monoisotopic (exact) mass is 370 g/mol. The van der Waals surface area contributed by atoms with Crippen molar-refractivity contribution in [3.05, 3.63) is 65.1 Å². The van der Waals surface area contributed by atoms with Gasteiger partial charge in [-0.2, -0.15) is 0 Å². The minimum absolute atomic E-state index is 0.328. The van der Waals surface area contributed by atoms with E-state index in [1.54, 1.807) is 22.4 Å². The van der Waals surface area contributed by atoms with Gasteiger partial charge in [-0.15, -0.1) is 10.2 Å². The van der Waals surface area contributed by atoms with E-state index in [2.05, 4.69) is 15.5 Å². The number of nitrogens with one attached hydrogen (secondary N) is 1. The Hall–Kier alpha value is -2.58. The van der Waals surface area contributed by atoms with E-state index in [1.165, 1.54) is 11.3 Å². The van der Waals surface area contributed by atoms with E-state index in [0.29, 0.717) is 17.9 Å². The van der Waals surface area contributed by atoms with Crippen LogP contribution in [0.3, 0.4) is 0 Å². The average molecular weight is 370 g/mol. The first-order valence-corrected chi connectivity index (χ1v) is 9.46. The molecule has 0 radical (unpaired) electrons. The van der Waals surface area contributed by atoms with Gasteiger partial charge in [-0.05, 0) is 24.3 Å². The SMILES string of the molecule is O=c1oc2ccccc2n1CCSc1nnc(Nc2ccccc2)s1. The molecule has 0 aliphatic carbocycles. The van der Waals surface area contributed by atoms with Crippen LogP contribution in [0.2, 0.25) is 0 Å². The van der Waals surface area contributed by atoms with E-state index in [-0.39, 0.29) is 5.76 Å². The summed E-state index contributed by atoms with van der Waals surface area (Å²) < 4.78 is 7.74. The molecule has 0 unspecified atom stereocenters. The Kier molecular flexibility index (Phi) is 4.53. The molecule has 0 fully saturated rings. The molecule has 6 nitrogen and oxygen atoms in total. The fourth-order valence-electron chi connectivity index (χ4n) is 2.41. The van der Waals surface area contributed by atoms with E-state index < -0.39 is 0 Å². The number of nitrogens with zero attached hydrogens (tertiary/aromatic N) is 3. The zero-order valence-corrected chi connectivity index (χ0v) is 14.7. The lowest BCUT2D eigenvalue weighted by atomic mass is 10.3. The largest absolute Gasteiger partial charge is 0.419 e. The molecular formula is C17H14N4O2S2. The molecule has 4 rings (SSSR count). The molecule has 0 aliphatic heterocycles. The zero-order valence-electron chi connectivity index (χ0n) is 13.1. The molecule has 1 N–H and O–H groups in total. The number of benzene rings is 2. The van der Waals surface area contributed by atoms with Crippen LogP contribution >= 0.6 is 23.1 Å². The third-order valence-corrected chi connectivity index (χ3v) is 5.50. The van der Waals surface area contributed by atoms with Crippen LogP contribution in [0.25, 0.3) is 11.1 Å². The second-order valence-corrected chi connectivity index (χ2v) is 7.52. The van der Waals surface area contributed by atoms with Crippen molar-refractivity contribution in [2.45, 2.75) is 10.9 Å². The number of hydrogen-bond acceptors (Lipinski definition) is 7. The Morgan fingerprint density at radius 3 is 2.76 bits per heavy atom. The maximum Gasteiger partial charge on any atom is 0.419 e. The van der Waals surface area contributed by atoms with E-state index in [4.69, 9.17) is 4.42 Å². The number of rotatable bonds is 6. The fraction of sp³-hybridized carbons (Fsp3) is 0.118. The van der Waals surface area contributed by atoms with Gasteiger partial charge in [0.15, 0.2) is 9.92 Å². The predicted molar refractivity (Wildman–Crippen MR) is 101 cm³/mol. The normalized spacial score (nSPS) is 11.0. The first kappa shape index (κ1) is 15.9. The summed E-state index contributed by atoms with van der Waals surface area (Å²) in [5.74, 6) is 0.383. The number of thioether (sulfide) groups is 1. The number of oxazole rings is 1. The molecular weight excluding hydrogens is 356 g/mol. The standard InChI is InChI=1S/C17H14N4O2S2/c22-17-21(13-8-4-5-9-14(13)23-17)10-11-24-16-20-19-15(25-16)18-12-6-2-1-3-7-12/h1-9H,10-11H2,(H,18,19). The van der Waals surface area contributed by atoms with Crippen LogP contribution in [0.4, 0.5) is 10.8 Å². The lowest BCUT2D eigenvalue weighted by molar-refractivity contribution is 0.514. The van der Waals surface area contributed by atoms with E-state index in [9.17, 15) is 4.79 Å². The van der Waals surface area contributed by atoms with Gasteiger partial charge in [0.2, 0.25) is 5.13 Å². The molecule has 2 aromatic heterocycles. The molecule has 126 valence electrons. The molecule has 0 spiro atoms. The third-order valence-electron chi connectivity index (χ3n) is 3.55. The van der Waals surface area contributed by atoms with Gasteiger partial charge in [-0.1, -0.05) is 53.4 Å². The van der Waals surface area contributed by atoms with Crippen LogP contribution in [0, 0.1) is 0 Å². The van der Waals surface area contributed by atoms with E-state index in [1.807, 2.05) is 48.5 Å². The van der Waals surface area contributed by atoms with Crippen molar-refractivity contribution in [1.82, 2.24) is 14.8 Å². The van der Waals surface area contributed by atoms with Crippen molar-refractivity contribution in [2.75, 3.05) is 11.1 Å². The number of anilines is 2. The van der Waals surface area contributed by atoms with Crippen molar-refractivity contribution >= 4 is 45.0 Å². The van der Waals surface area contributed by atoms with Gasteiger partial charge in [0.1, 0.15) is 0 Å².